The van der Waals surface area contributed by atoms with E-state index >= 15 is 0 Å². The van der Waals surface area contributed by atoms with Crippen LogP contribution in [0.25, 0.3) is 10.9 Å². The standard InChI is InChI=1S/C26H23F3N6O/c1-17(26(36,14-34-16-30-15-32-34)23-8-6-21(28)11-24(23)29)35-13-19-10-22(7-9-25(19)33-35)31-12-18-2-4-20(27)5-3-18/h2-11,13,15-17,31,36H,12,14H2,1H3/t17-,26-/m1/s1. The summed E-state index contributed by atoms with van der Waals surface area (Å²) in [6, 6.07) is 14.2. The van der Waals surface area contributed by atoms with E-state index in [1.807, 2.05) is 18.2 Å². The minimum atomic E-state index is -1.82. The molecule has 0 amide bonds. The van der Waals surface area contributed by atoms with Crippen molar-refractivity contribution in [1.82, 2.24) is 24.5 Å². The van der Waals surface area contributed by atoms with Crippen LogP contribution in [-0.4, -0.2) is 29.7 Å². The van der Waals surface area contributed by atoms with E-state index in [0.717, 1.165) is 28.8 Å². The Morgan fingerprint density at radius 3 is 2.50 bits per heavy atom. The van der Waals surface area contributed by atoms with Crippen molar-refractivity contribution in [2.24, 2.45) is 0 Å². The van der Waals surface area contributed by atoms with Gasteiger partial charge in [-0.2, -0.15) is 10.2 Å². The Morgan fingerprint density at radius 2 is 1.78 bits per heavy atom. The van der Waals surface area contributed by atoms with Crippen molar-refractivity contribution in [3.63, 3.8) is 0 Å². The summed E-state index contributed by atoms with van der Waals surface area (Å²) in [5.74, 6) is -1.89. The van der Waals surface area contributed by atoms with Crippen LogP contribution in [-0.2, 0) is 18.7 Å². The largest absolute Gasteiger partial charge is 0.381 e. The molecule has 0 fully saturated rings. The third-order valence-corrected chi connectivity index (χ3v) is 6.29. The average Bonchev–Trinajstić information content (AvgIpc) is 3.52. The average molecular weight is 493 g/mol. The Hall–Kier alpha value is -4.18. The molecular formula is C26H23F3N6O. The first-order valence-electron chi connectivity index (χ1n) is 11.3. The molecule has 184 valence electrons. The predicted octanol–water partition coefficient (Wildman–Crippen LogP) is 4.81. The van der Waals surface area contributed by atoms with Crippen molar-refractivity contribution in [2.45, 2.75) is 31.7 Å². The second kappa shape index (κ2) is 9.46. The Balaban J connectivity index is 1.45. The van der Waals surface area contributed by atoms with Crippen molar-refractivity contribution < 1.29 is 18.3 Å². The molecular weight excluding hydrogens is 469 g/mol. The summed E-state index contributed by atoms with van der Waals surface area (Å²) < 4.78 is 44.6. The molecule has 5 rings (SSSR count). The van der Waals surface area contributed by atoms with Crippen LogP contribution in [0.5, 0.6) is 0 Å². The third-order valence-electron chi connectivity index (χ3n) is 6.29. The van der Waals surface area contributed by atoms with E-state index < -0.39 is 23.3 Å². The number of hydrogen-bond donors (Lipinski definition) is 2. The van der Waals surface area contributed by atoms with Crippen molar-refractivity contribution in [3.8, 4) is 0 Å². The second-order valence-electron chi connectivity index (χ2n) is 8.68. The van der Waals surface area contributed by atoms with Crippen molar-refractivity contribution >= 4 is 16.6 Å². The third kappa shape index (κ3) is 4.67. The maximum atomic E-state index is 14.9. The maximum Gasteiger partial charge on any atom is 0.137 e. The van der Waals surface area contributed by atoms with Crippen molar-refractivity contribution in [1.29, 1.82) is 0 Å². The van der Waals surface area contributed by atoms with Crippen LogP contribution >= 0.6 is 0 Å². The van der Waals surface area contributed by atoms with E-state index in [1.165, 1.54) is 35.5 Å². The van der Waals surface area contributed by atoms with Gasteiger partial charge >= 0.3 is 0 Å². The fourth-order valence-electron chi connectivity index (χ4n) is 4.22. The molecule has 0 aliphatic heterocycles. The van der Waals surface area contributed by atoms with Gasteiger partial charge in [0.05, 0.1) is 18.1 Å². The van der Waals surface area contributed by atoms with E-state index in [0.29, 0.717) is 12.1 Å². The lowest BCUT2D eigenvalue weighted by Gasteiger charge is -2.34. The first-order valence-corrected chi connectivity index (χ1v) is 11.3. The molecule has 2 aromatic heterocycles. The van der Waals surface area contributed by atoms with Gasteiger partial charge in [0.25, 0.3) is 0 Å². The summed E-state index contributed by atoms with van der Waals surface area (Å²) in [5, 5.41) is 24.5. The van der Waals surface area contributed by atoms with Gasteiger partial charge in [-0.1, -0.05) is 18.2 Å². The maximum absolute atomic E-state index is 14.9. The molecule has 2 N–H and O–H groups in total. The van der Waals surface area contributed by atoms with Gasteiger partial charge in [0.1, 0.15) is 35.7 Å². The van der Waals surface area contributed by atoms with Gasteiger partial charge in [0, 0.05) is 35.4 Å². The fourth-order valence-corrected chi connectivity index (χ4v) is 4.22. The smallest absolute Gasteiger partial charge is 0.137 e. The lowest BCUT2D eigenvalue weighted by Crippen LogP contribution is -2.40. The van der Waals surface area contributed by atoms with Crippen LogP contribution in [0.4, 0.5) is 18.9 Å². The summed E-state index contributed by atoms with van der Waals surface area (Å²) in [6.07, 6.45) is 4.49. The molecule has 3 aromatic carbocycles. The lowest BCUT2D eigenvalue weighted by atomic mass is 9.86. The Bertz CT molecular complexity index is 1490. The lowest BCUT2D eigenvalue weighted by molar-refractivity contribution is -0.0366. The number of fused-ring (bicyclic) bond motifs is 1. The molecule has 0 spiro atoms. The molecule has 0 radical (unpaired) electrons. The highest BCUT2D eigenvalue weighted by Crippen LogP contribution is 2.37. The molecule has 0 bridgehead atoms. The molecule has 2 heterocycles. The normalized spacial score (nSPS) is 14.0. The number of aromatic nitrogens is 5. The predicted molar refractivity (Wildman–Crippen MR) is 128 cm³/mol. The number of rotatable bonds is 8. The minimum Gasteiger partial charge on any atom is -0.381 e. The van der Waals surface area contributed by atoms with Crippen LogP contribution < -0.4 is 5.32 Å². The first-order chi connectivity index (χ1) is 17.3. The number of benzene rings is 3. The van der Waals surface area contributed by atoms with Gasteiger partial charge in [0.15, 0.2) is 0 Å². The fraction of sp³-hybridized carbons (Fsp3) is 0.192. The summed E-state index contributed by atoms with van der Waals surface area (Å²) in [7, 11) is 0. The zero-order valence-electron chi connectivity index (χ0n) is 19.3. The summed E-state index contributed by atoms with van der Waals surface area (Å²) >= 11 is 0. The summed E-state index contributed by atoms with van der Waals surface area (Å²) in [5.41, 5.74) is 0.545. The van der Waals surface area contributed by atoms with Crippen molar-refractivity contribution in [2.75, 3.05) is 5.32 Å². The Kier molecular flexibility index (Phi) is 6.19. The monoisotopic (exact) mass is 492 g/mol. The number of anilines is 1. The molecule has 7 nitrogen and oxygen atoms in total. The van der Waals surface area contributed by atoms with Crippen LogP contribution in [0.2, 0.25) is 0 Å². The molecule has 0 aliphatic rings. The number of nitrogens with zero attached hydrogens (tertiary/aromatic N) is 5. The zero-order valence-corrected chi connectivity index (χ0v) is 19.3. The molecule has 0 saturated heterocycles. The van der Waals surface area contributed by atoms with E-state index in [9.17, 15) is 18.3 Å². The van der Waals surface area contributed by atoms with Crippen molar-refractivity contribution in [3.05, 3.63) is 108 Å². The molecule has 0 aliphatic carbocycles. The number of halogens is 3. The Morgan fingerprint density at radius 1 is 1.00 bits per heavy atom. The molecule has 36 heavy (non-hydrogen) atoms. The van der Waals surface area contributed by atoms with Gasteiger partial charge < -0.3 is 10.4 Å². The first kappa shape index (κ1) is 23.6. The van der Waals surface area contributed by atoms with E-state index in [-0.39, 0.29) is 17.9 Å². The van der Waals surface area contributed by atoms with E-state index in [1.54, 1.807) is 29.9 Å². The SMILES string of the molecule is C[C@@H](n1cc2cc(NCc3ccc(F)cc3)ccc2n1)[C@](O)(Cn1cncn1)c1ccc(F)cc1F. The topological polar surface area (TPSA) is 80.8 Å². The van der Waals surface area contributed by atoms with E-state index in [4.69, 9.17) is 0 Å². The quantitative estimate of drug-likeness (QED) is 0.325. The van der Waals surface area contributed by atoms with Crippen LogP contribution in [0.3, 0.4) is 0 Å². The van der Waals surface area contributed by atoms with Gasteiger partial charge in [-0.15, -0.1) is 0 Å². The molecule has 2 atom stereocenters. The van der Waals surface area contributed by atoms with Crippen LogP contribution in [0.15, 0.2) is 79.5 Å². The Labute approximate surface area is 204 Å². The van der Waals surface area contributed by atoms with Gasteiger partial charge in [-0.05, 0) is 48.9 Å². The van der Waals surface area contributed by atoms with Crippen LogP contribution in [0.1, 0.15) is 24.1 Å². The summed E-state index contributed by atoms with van der Waals surface area (Å²) in [4.78, 5) is 3.90. The zero-order chi connectivity index (χ0) is 25.3. The highest BCUT2D eigenvalue weighted by atomic mass is 19.1. The molecule has 5 aromatic rings. The summed E-state index contributed by atoms with van der Waals surface area (Å²) in [6.45, 7) is 2.09. The molecule has 0 saturated carbocycles. The van der Waals surface area contributed by atoms with E-state index in [2.05, 4.69) is 20.5 Å². The molecule has 0 unspecified atom stereocenters. The number of hydrogen-bond acceptors (Lipinski definition) is 5. The van der Waals surface area contributed by atoms with Gasteiger partial charge in [-0.3, -0.25) is 4.68 Å². The molecule has 10 heteroatoms. The van der Waals surface area contributed by atoms with Crippen LogP contribution in [0, 0.1) is 17.5 Å². The van der Waals surface area contributed by atoms with Gasteiger partial charge in [-0.25, -0.2) is 22.8 Å². The number of nitrogens with one attached hydrogen (secondary N) is 1. The number of aliphatic hydroxyl groups is 1. The van der Waals surface area contributed by atoms with Gasteiger partial charge in [0.2, 0.25) is 0 Å². The highest BCUT2D eigenvalue weighted by molar-refractivity contribution is 5.82. The minimum absolute atomic E-state index is 0.0758. The second-order valence-corrected chi connectivity index (χ2v) is 8.68. The highest BCUT2D eigenvalue weighted by Gasteiger charge is 2.40.